The topological polar surface area (TPSA) is 71.3 Å². The summed E-state index contributed by atoms with van der Waals surface area (Å²) in [6.07, 6.45) is 0.388. The fourth-order valence-electron chi connectivity index (χ4n) is 4.33. The molecule has 0 bridgehead atoms. The Bertz CT molecular complexity index is 1140. The van der Waals surface area contributed by atoms with E-state index in [1.165, 1.54) is 0 Å². The number of hydrogen-bond acceptors (Lipinski definition) is 3. The number of halogens is 1. The summed E-state index contributed by atoms with van der Waals surface area (Å²) < 4.78 is 2.77. The van der Waals surface area contributed by atoms with E-state index < -0.39 is 11.4 Å². The zero-order chi connectivity index (χ0) is 22.3. The molecule has 2 aromatic carbocycles. The molecular formula is C25H25BrN2O3. The zero-order valence-corrected chi connectivity index (χ0v) is 19.4. The maximum atomic E-state index is 13.1. The maximum absolute atomic E-state index is 13.1. The van der Waals surface area contributed by atoms with E-state index in [-0.39, 0.29) is 18.4 Å². The van der Waals surface area contributed by atoms with Crippen molar-refractivity contribution in [3.63, 3.8) is 0 Å². The summed E-state index contributed by atoms with van der Waals surface area (Å²) in [6.45, 7) is 5.90. The van der Waals surface area contributed by atoms with Crippen molar-refractivity contribution in [3.8, 4) is 11.3 Å². The molecule has 31 heavy (non-hydrogen) atoms. The summed E-state index contributed by atoms with van der Waals surface area (Å²) in [7, 11) is 0. The number of aryl methyl sites for hydroxylation is 1. The number of aromatic nitrogens is 1. The number of Topliss-reactive ketones (excluding diaryl/α,β-unsaturated/α-hetero) is 1. The monoisotopic (exact) mass is 480 g/mol. The second-order valence-corrected chi connectivity index (χ2v) is 9.76. The van der Waals surface area contributed by atoms with Crippen LogP contribution in [-0.4, -0.2) is 21.4 Å². The molecule has 0 aliphatic heterocycles. The maximum Gasteiger partial charge on any atom is 0.323 e. The van der Waals surface area contributed by atoms with E-state index in [4.69, 9.17) is 0 Å². The molecule has 0 fully saturated rings. The molecule has 1 heterocycles. The Morgan fingerprint density at radius 3 is 2.42 bits per heavy atom. The highest BCUT2D eigenvalue weighted by molar-refractivity contribution is 9.10. The van der Waals surface area contributed by atoms with Crippen molar-refractivity contribution in [2.24, 2.45) is 5.41 Å². The molecule has 0 amide bonds. The summed E-state index contributed by atoms with van der Waals surface area (Å²) in [6, 6.07) is 17.4. The standard InChI is InChI=1S/C25H25BrN2O3/c1-15-4-6-16(7-5-15)20-12-19-21(29)13-25(2,3)24(23(19)28(20)14-22(30)31)27-18-10-8-17(26)9-11-18/h4-12,24,27H,13-14H2,1-3H3,(H,30,31). The molecule has 2 N–H and O–H groups in total. The Balaban J connectivity index is 1.90. The number of ketones is 1. The molecule has 6 heteroatoms. The highest BCUT2D eigenvalue weighted by Crippen LogP contribution is 2.47. The first kappa shape index (κ1) is 21.4. The van der Waals surface area contributed by atoms with Crippen LogP contribution >= 0.6 is 15.9 Å². The van der Waals surface area contributed by atoms with Gasteiger partial charge in [0.1, 0.15) is 6.54 Å². The largest absolute Gasteiger partial charge is 0.480 e. The SMILES string of the molecule is Cc1ccc(-c2cc3c(n2CC(=O)O)C(Nc2ccc(Br)cc2)C(C)(C)CC3=O)cc1. The van der Waals surface area contributed by atoms with Crippen molar-refractivity contribution in [2.45, 2.75) is 39.8 Å². The smallest absolute Gasteiger partial charge is 0.323 e. The van der Waals surface area contributed by atoms with Gasteiger partial charge in [-0.2, -0.15) is 0 Å². The highest BCUT2D eigenvalue weighted by Gasteiger charge is 2.43. The number of rotatable bonds is 5. The predicted octanol–water partition coefficient (Wildman–Crippen LogP) is 6.08. The van der Waals surface area contributed by atoms with Gasteiger partial charge in [0.2, 0.25) is 0 Å². The third-order valence-corrected chi connectivity index (χ3v) is 6.43. The normalized spacial score (nSPS) is 17.3. The van der Waals surface area contributed by atoms with Crippen LogP contribution in [-0.2, 0) is 11.3 Å². The minimum Gasteiger partial charge on any atom is -0.480 e. The van der Waals surface area contributed by atoms with Crippen LogP contribution < -0.4 is 5.32 Å². The number of benzene rings is 2. The first-order valence-electron chi connectivity index (χ1n) is 10.2. The quantitative estimate of drug-likeness (QED) is 0.464. The summed E-state index contributed by atoms with van der Waals surface area (Å²) in [5.74, 6) is -0.892. The van der Waals surface area contributed by atoms with Gasteiger partial charge in [-0.1, -0.05) is 59.6 Å². The second kappa shape index (κ2) is 8.00. The molecule has 160 valence electrons. The number of nitrogens with one attached hydrogen (secondary N) is 1. The van der Waals surface area contributed by atoms with Crippen molar-refractivity contribution in [1.82, 2.24) is 4.57 Å². The minimum atomic E-state index is -0.940. The number of fused-ring (bicyclic) bond motifs is 1. The lowest BCUT2D eigenvalue weighted by Crippen LogP contribution is -2.38. The van der Waals surface area contributed by atoms with E-state index in [1.807, 2.05) is 75.4 Å². The number of nitrogens with zero attached hydrogens (tertiary/aromatic N) is 1. The van der Waals surface area contributed by atoms with Gasteiger partial charge in [-0.05, 0) is 48.2 Å². The van der Waals surface area contributed by atoms with Crippen molar-refractivity contribution in [1.29, 1.82) is 0 Å². The number of carbonyl (C=O) groups is 2. The van der Waals surface area contributed by atoms with E-state index in [2.05, 4.69) is 21.2 Å². The van der Waals surface area contributed by atoms with E-state index >= 15 is 0 Å². The molecule has 3 aromatic rings. The van der Waals surface area contributed by atoms with Gasteiger partial charge in [-0.15, -0.1) is 0 Å². The lowest BCUT2D eigenvalue weighted by Gasteiger charge is -2.40. The van der Waals surface area contributed by atoms with Gasteiger partial charge in [-0.25, -0.2) is 0 Å². The summed E-state index contributed by atoms with van der Waals surface area (Å²) >= 11 is 3.46. The second-order valence-electron chi connectivity index (χ2n) is 8.85. The van der Waals surface area contributed by atoms with Gasteiger partial charge in [-0.3, -0.25) is 9.59 Å². The lowest BCUT2D eigenvalue weighted by molar-refractivity contribution is -0.137. The van der Waals surface area contributed by atoms with Crippen LogP contribution in [0.25, 0.3) is 11.3 Å². The lowest BCUT2D eigenvalue weighted by atomic mass is 9.72. The fourth-order valence-corrected chi connectivity index (χ4v) is 4.59. The van der Waals surface area contributed by atoms with Gasteiger partial charge in [0.25, 0.3) is 0 Å². The van der Waals surface area contributed by atoms with Crippen LogP contribution in [0, 0.1) is 12.3 Å². The Kier molecular flexibility index (Phi) is 5.52. The molecule has 0 spiro atoms. The number of carboxylic acids is 1. The van der Waals surface area contributed by atoms with Crippen molar-refractivity contribution < 1.29 is 14.7 Å². The first-order chi connectivity index (χ1) is 14.7. The Labute approximate surface area is 190 Å². The Morgan fingerprint density at radius 1 is 1.16 bits per heavy atom. The average Bonchev–Trinajstić information content (AvgIpc) is 3.05. The number of carboxylic acid groups (broad SMARTS) is 1. The number of carbonyl (C=O) groups excluding carboxylic acids is 1. The molecule has 4 rings (SSSR count). The molecule has 5 nitrogen and oxygen atoms in total. The van der Waals surface area contributed by atoms with Gasteiger partial charge in [0.15, 0.2) is 5.78 Å². The van der Waals surface area contributed by atoms with E-state index in [9.17, 15) is 14.7 Å². The molecule has 1 aliphatic rings. The first-order valence-corrected chi connectivity index (χ1v) is 11.0. The van der Waals surface area contributed by atoms with Crippen LogP contribution in [0.4, 0.5) is 5.69 Å². The Morgan fingerprint density at radius 2 is 1.81 bits per heavy atom. The molecule has 0 radical (unpaired) electrons. The van der Waals surface area contributed by atoms with E-state index in [0.717, 1.165) is 32.7 Å². The fraction of sp³-hybridized carbons (Fsp3) is 0.280. The van der Waals surface area contributed by atoms with Crippen molar-refractivity contribution in [2.75, 3.05) is 5.32 Å². The summed E-state index contributed by atoms with van der Waals surface area (Å²) in [5, 5.41) is 13.2. The predicted molar refractivity (Wildman–Crippen MR) is 125 cm³/mol. The number of anilines is 1. The van der Waals surface area contributed by atoms with Crippen LogP contribution in [0.3, 0.4) is 0 Å². The Hall–Kier alpha value is -2.86. The van der Waals surface area contributed by atoms with Crippen LogP contribution in [0.15, 0.2) is 59.1 Å². The van der Waals surface area contributed by atoms with E-state index in [0.29, 0.717) is 12.0 Å². The third kappa shape index (κ3) is 4.17. The van der Waals surface area contributed by atoms with Crippen molar-refractivity contribution >= 4 is 33.4 Å². The van der Waals surface area contributed by atoms with Crippen LogP contribution in [0.2, 0.25) is 0 Å². The zero-order valence-electron chi connectivity index (χ0n) is 17.8. The molecule has 0 saturated carbocycles. The van der Waals surface area contributed by atoms with E-state index in [1.54, 1.807) is 4.57 Å². The molecule has 1 aromatic heterocycles. The molecule has 1 aliphatic carbocycles. The van der Waals surface area contributed by atoms with Gasteiger partial charge in [0.05, 0.1) is 11.7 Å². The number of hydrogen-bond donors (Lipinski definition) is 2. The number of aliphatic carboxylic acids is 1. The van der Waals surface area contributed by atoms with Crippen LogP contribution in [0.1, 0.15) is 47.9 Å². The summed E-state index contributed by atoms with van der Waals surface area (Å²) in [4.78, 5) is 24.9. The van der Waals surface area contributed by atoms with Gasteiger partial charge in [0, 0.05) is 27.8 Å². The third-order valence-electron chi connectivity index (χ3n) is 5.91. The molecular weight excluding hydrogens is 456 g/mol. The highest BCUT2D eigenvalue weighted by atomic mass is 79.9. The van der Waals surface area contributed by atoms with Crippen LogP contribution in [0.5, 0.6) is 0 Å². The summed E-state index contributed by atoms with van der Waals surface area (Å²) in [5.41, 5.74) is 4.64. The van der Waals surface area contributed by atoms with Gasteiger partial charge < -0.3 is 15.0 Å². The average molecular weight is 481 g/mol. The molecule has 1 unspecified atom stereocenters. The van der Waals surface area contributed by atoms with Crippen molar-refractivity contribution in [3.05, 3.63) is 75.9 Å². The minimum absolute atomic E-state index is 0.0476. The molecule has 1 atom stereocenters. The van der Waals surface area contributed by atoms with Gasteiger partial charge >= 0.3 is 5.97 Å². The molecule has 0 saturated heterocycles.